The van der Waals surface area contributed by atoms with Crippen molar-refractivity contribution < 1.29 is 4.79 Å². The van der Waals surface area contributed by atoms with Gasteiger partial charge in [-0.25, -0.2) is 0 Å². The van der Waals surface area contributed by atoms with E-state index in [0.717, 1.165) is 24.1 Å². The summed E-state index contributed by atoms with van der Waals surface area (Å²) in [7, 11) is 0. The molecule has 1 aliphatic rings. The average molecular weight is 215 g/mol. The number of benzene rings is 1. The Labute approximate surface area is 96.4 Å². The molecule has 0 atom stereocenters. The number of hydrogen-bond donors (Lipinski definition) is 1. The zero-order valence-electron chi connectivity index (χ0n) is 9.79. The van der Waals surface area contributed by atoms with E-state index >= 15 is 0 Å². The lowest BCUT2D eigenvalue weighted by Gasteiger charge is -2.05. The molecule has 1 amide bonds. The van der Waals surface area contributed by atoms with Crippen LogP contribution in [0.2, 0.25) is 0 Å². The van der Waals surface area contributed by atoms with Crippen LogP contribution in [0, 0.1) is 0 Å². The summed E-state index contributed by atoms with van der Waals surface area (Å²) in [5.74, 6) is 0.629. The smallest absolute Gasteiger partial charge is 0.247 e. The van der Waals surface area contributed by atoms with Gasteiger partial charge in [0.1, 0.15) is 0 Å². The van der Waals surface area contributed by atoms with Crippen molar-refractivity contribution in [2.45, 2.75) is 26.2 Å². The molecule has 84 valence electrons. The van der Waals surface area contributed by atoms with Crippen LogP contribution in [-0.4, -0.2) is 12.5 Å². The van der Waals surface area contributed by atoms with Gasteiger partial charge in [0.25, 0.3) is 0 Å². The Morgan fingerprint density at radius 3 is 2.44 bits per heavy atom. The van der Waals surface area contributed by atoms with Crippen LogP contribution in [0.1, 0.15) is 37.3 Å². The Morgan fingerprint density at radius 2 is 1.94 bits per heavy atom. The van der Waals surface area contributed by atoms with Gasteiger partial charge in [-0.2, -0.15) is 0 Å². The van der Waals surface area contributed by atoms with E-state index in [2.05, 4.69) is 43.4 Å². The van der Waals surface area contributed by atoms with Gasteiger partial charge in [-0.3, -0.25) is 4.79 Å². The van der Waals surface area contributed by atoms with E-state index in [-0.39, 0.29) is 5.91 Å². The van der Waals surface area contributed by atoms with E-state index in [9.17, 15) is 4.79 Å². The van der Waals surface area contributed by atoms with Crippen LogP contribution in [-0.2, 0) is 4.79 Å². The molecule has 0 saturated carbocycles. The molecular formula is C14H17NO. The number of carbonyl (C=O) groups excluding carboxylic acids is 1. The van der Waals surface area contributed by atoms with Gasteiger partial charge >= 0.3 is 0 Å². The SMILES string of the molecule is CC(C)c1ccc(C=C2CCNC2=O)cc1. The van der Waals surface area contributed by atoms with Crippen LogP contribution < -0.4 is 5.32 Å². The van der Waals surface area contributed by atoms with Crippen LogP contribution >= 0.6 is 0 Å². The Hall–Kier alpha value is -1.57. The highest BCUT2D eigenvalue weighted by molar-refractivity contribution is 5.99. The zero-order valence-corrected chi connectivity index (χ0v) is 9.79. The molecular weight excluding hydrogens is 198 g/mol. The van der Waals surface area contributed by atoms with Crippen molar-refractivity contribution in [3.05, 3.63) is 41.0 Å². The second-order valence-corrected chi connectivity index (χ2v) is 4.50. The van der Waals surface area contributed by atoms with E-state index in [1.165, 1.54) is 5.56 Å². The summed E-state index contributed by atoms with van der Waals surface area (Å²) in [6, 6.07) is 8.41. The molecule has 0 unspecified atom stereocenters. The monoisotopic (exact) mass is 215 g/mol. The topological polar surface area (TPSA) is 29.1 Å². The highest BCUT2D eigenvalue weighted by atomic mass is 16.1. The van der Waals surface area contributed by atoms with Gasteiger partial charge in [-0.15, -0.1) is 0 Å². The van der Waals surface area contributed by atoms with Crippen molar-refractivity contribution in [1.82, 2.24) is 5.32 Å². The van der Waals surface area contributed by atoms with Crippen molar-refractivity contribution in [2.75, 3.05) is 6.54 Å². The van der Waals surface area contributed by atoms with E-state index in [0.29, 0.717) is 5.92 Å². The lowest BCUT2D eigenvalue weighted by Crippen LogP contribution is -2.13. The maximum Gasteiger partial charge on any atom is 0.247 e. The Morgan fingerprint density at radius 1 is 1.25 bits per heavy atom. The standard InChI is InChI=1S/C14H17NO/c1-10(2)12-5-3-11(4-6-12)9-13-7-8-15-14(13)16/h3-6,9-10H,7-8H2,1-2H3,(H,15,16). The second kappa shape index (κ2) is 4.52. The first-order valence-electron chi connectivity index (χ1n) is 5.75. The van der Waals surface area contributed by atoms with Crippen molar-refractivity contribution in [3.8, 4) is 0 Å². The number of carbonyl (C=O) groups is 1. The first-order valence-corrected chi connectivity index (χ1v) is 5.75. The molecule has 1 N–H and O–H groups in total. The fourth-order valence-electron chi connectivity index (χ4n) is 1.85. The van der Waals surface area contributed by atoms with Gasteiger partial charge in [0.05, 0.1) is 0 Å². The summed E-state index contributed by atoms with van der Waals surface area (Å²) in [6.45, 7) is 5.13. The first kappa shape index (κ1) is 10.9. The minimum Gasteiger partial charge on any atom is -0.352 e. The molecule has 1 saturated heterocycles. The van der Waals surface area contributed by atoms with Crippen LogP contribution in [0.5, 0.6) is 0 Å². The van der Waals surface area contributed by atoms with Gasteiger partial charge in [-0.05, 0) is 29.5 Å². The molecule has 16 heavy (non-hydrogen) atoms. The molecule has 1 aliphatic heterocycles. The third kappa shape index (κ3) is 2.32. The van der Waals surface area contributed by atoms with Crippen LogP contribution in [0.25, 0.3) is 6.08 Å². The fraction of sp³-hybridized carbons (Fsp3) is 0.357. The summed E-state index contributed by atoms with van der Waals surface area (Å²) in [6.07, 6.45) is 2.82. The van der Waals surface area contributed by atoms with Gasteiger partial charge in [0.15, 0.2) is 0 Å². The molecule has 1 heterocycles. The van der Waals surface area contributed by atoms with E-state index in [1.54, 1.807) is 0 Å². The van der Waals surface area contributed by atoms with Crippen LogP contribution in [0.4, 0.5) is 0 Å². The summed E-state index contributed by atoms with van der Waals surface area (Å²) >= 11 is 0. The quantitative estimate of drug-likeness (QED) is 0.755. The molecule has 2 nitrogen and oxygen atoms in total. The minimum absolute atomic E-state index is 0.0768. The molecule has 1 fully saturated rings. The normalized spacial score (nSPS) is 18.2. The molecule has 0 spiro atoms. The lowest BCUT2D eigenvalue weighted by molar-refractivity contribution is -0.116. The van der Waals surface area contributed by atoms with Gasteiger partial charge < -0.3 is 5.32 Å². The van der Waals surface area contributed by atoms with Gasteiger partial charge in [-0.1, -0.05) is 38.1 Å². The summed E-state index contributed by atoms with van der Waals surface area (Å²) in [4.78, 5) is 11.4. The maximum atomic E-state index is 11.4. The fourth-order valence-corrected chi connectivity index (χ4v) is 1.85. The predicted octanol–water partition coefficient (Wildman–Crippen LogP) is 2.71. The average Bonchev–Trinajstić information content (AvgIpc) is 2.65. The first-order chi connectivity index (χ1) is 7.66. The molecule has 2 rings (SSSR count). The van der Waals surface area contributed by atoms with Crippen molar-refractivity contribution in [2.24, 2.45) is 0 Å². The molecule has 0 aliphatic carbocycles. The van der Waals surface area contributed by atoms with Gasteiger partial charge in [0.2, 0.25) is 5.91 Å². The molecule has 0 bridgehead atoms. The Balaban J connectivity index is 2.19. The number of amides is 1. The maximum absolute atomic E-state index is 11.4. The number of nitrogens with one attached hydrogen (secondary N) is 1. The highest BCUT2D eigenvalue weighted by Crippen LogP contribution is 2.18. The third-order valence-corrected chi connectivity index (χ3v) is 2.92. The van der Waals surface area contributed by atoms with E-state index < -0.39 is 0 Å². The van der Waals surface area contributed by atoms with E-state index in [1.807, 2.05) is 6.08 Å². The molecule has 0 aromatic heterocycles. The third-order valence-electron chi connectivity index (χ3n) is 2.92. The summed E-state index contributed by atoms with van der Waals surface area (Å²) in [5.41, 5.74) is 3.33. The van der Waals surface area contributed by atoms with Gasteiger partial charge in [0, 0.05) is 12.1 Å². The zero-order chi connectivity index (χ0) is 11.5. The predicted molar refractivity (Wildman–Crippen MR) is 66.1 cm³/mol. The molecule has 1 aromatic carbocycles. The van der Waals surface area contributed by atoms with Crippen molar-refractivity contribution >= 4 is 12.0 Å². The van der Waals surface area contributed by atoms with Crippen molar-refractivity contribution in [3.63, 3.8) is 0 Å². The van der Waals surface area contributed by atoms with Crippen LogP contribution in [0.15, 0.2) is 29.8 Å². The molecule has 2 heteroatoms. The Bertz CT molecular complexity index is 415. The lowest BCUT2D eigenvalue weighted by atomic mass is 10.0. The number of hydrogen-bond acceptors (Lipinski definition) is 1. The number of rotatable bonds is 2. The second-order valence-electron chi connectivity index (χ2n) is 4.50. The minimum atomic E-state index is 0.0768. The van der Waals surface area contributed by atoms with E-state index in [4.69, 9.17) is 0 Å². The van der Waals surface area contributed by atoms with Crippen LogP contribution in [0.3, 0.4) is 0 Å². The molecule has 1 aromatic rings. The Kier molecular flexibility index (Phi) is 3.09. The van der Waals surface area contributed by atoms with Crippen molar-refractivity contribution in [1.29, 1.82) is 0 Å². The highest BCUT2D eigenvalue weighted by Gasteiger charge is 2.15. The largest absolute Gasteiger partial charge is 0.352 e. The molecule has 0 radical (unpaired) electrons. The summed E-state index contributed by atoms with van der Waals surface area (Å²) in [5, 5.41) is 2.81. The summed E-state index contributed by atoms with van der Waals surface area (Å²) < 4.78 is 0.